The van der Waals surface area contributed by atoms with E-state index in [1.54, 1.807) is 48.6 Å². The Morgan fingerprint density at radius 2 is 1.35 bits per heavy atom. The smallest absolute Gasteiger partial charge is 0.127 e. The molecule has 5 rings (SSSR count). The van der Waals surface area contributed by atoms with Gasteiger partial charge in [0.2, 0.25) is 0 Å². The molecule has 5 aromatic rings. The predicted octanol–water partition coefficient (Wildman–Crippen LogP) is 6.09. The van der Waals surface area contributed by atoms with Crippen molar-refractivity contribution >= 4 is 23.4 Å². The zero-order valence-electron chi connectivity index (χ0n) is 20.0. The van der Waals surface area contributed by atoms with Gasteiger partial charge in [-0.2, -0.15) is 0 Å². The van der Waals surface area contributed by atoms with Crippen molar-refractivity contribution in [2.24, 2.45) is 0 Å². The molecule has 0 aliphatic carbocycles. The normalized spacial score (nSPS) is 13.1. The van der Waals surface area contributed by atoms with E-state index >= 15 is 0 Å². The number of aromatic hydroxyl groups is 3. The number of fused-ring (bicyclic) bond motifs is 1. The van der Waals surface area contributed by atoms with Crippen LogP contribution in [-0.2, 0) is 0 Å². The van der Waals surface area contributed by atoms with Crippen molar-refractivity contribution in [2.75, 3.05) is 0 Å². The van der Waals surface area contributed by atoms with Gasteiger partial charge in [0.05, 0.1) is 5.92 Å². The SMILES string of the molecule is C=c1cc(O)cc/c1=C/C=C(\O)C(c1ccc(-c2ccccc2)cc1)c1ccc2ccc(O)cc2c1O. The van der Waals surface area contributed by atoms with Gasteiger partial charge in [-0.15, -0.1) is 0 Å². The monoisotopic (exact) mass is 486 g/mol. The lowest BCUT2D eigenvalue weighted by Gasteiger charge is -2.20. The highest BCUT2D eigenvalue weighted by atomic mass is 16.3. The lowest BCUT2D eigenvalue weighted by molar-refractivity contribution is 0.377. The maximum atomic E-state index is 11.4. The summed E-state index contributed by atoms with van der Waals surface area (Å²) in [6.07, 6.45) is 3.31. The summed E-state index contributed by atoms with van der Waals surface area (Å²) in [4.78, 5) is 0. The molecule has 0 saturated carbocycles. The van der Waals surface area contributed by atoms with E-state index < -0.39 is 5.92 Å². The van der Waals surface area contributed by atoms with Crippen molar-refractivity contribution in [3.05, 3.63) is 137 Å². The van der Waals surface area contributed by atoms with Crippen LogP contribution in [0.2, 0.25) is 0 Å². The molecular formula is C33H26O4. The van der Waals surface area contributed by atoms with Crippen LogP contribution in [0.5, 0.6) is 17.2 Å². The zero-order chi connectivity index (χ0) is 25.9. The van der Waals surface area contributed by atoms with E-state index in [2.05, 4.69) is 6.58 Å². The number of hydrogen-bond donors (Lipinski definition) is 4. The summed E-state index contributed by atoms with van der Waals surface area (Å²) in [6.45, 7) is 3.95. The molecule has 4 nitrogen and oxygen atoms in total. The van der Waals surface area contributed by atoms with E-state index in [4.69, 9.17) is 0 Å². The van der Waals surface area contributed by atoms with Crippen LogP contribution in [0.1, 0.15) is 17.0 Å². The quantitative estimate of drug-likeness (QED) is 0.227. The number of benzene rings is 5. The molecule has 5 aromatic carbocycles. The van der Waals surface area contributed by atoms with E-state index in [0.717, 1.165) is 27.3 Å². The van der Waals surface area contributed by atoms with Crippen molar-refractivity contribution in [3.8, 4) is 28.4 Å². The Hall–Kier alpha value is -4.96. The third-order valence-corrected chi connectivity index (χ3v) is 6.53. The minimum Gasteiger partial charge on any atom is -0.511 e. The lowest BCUT2D eigenvalue weighted by Crippen LogP contribution is -2.21. The van der Waals surface area contributed by atoms with Crippen molar-refractivity contribution in [1.82, 2.24) is 0 Å². The average Bonchev–Trinajstić information content (AvgIpc) is 2.91. The van der Waals surface area contributed by atoms with Gasteiger partial charge in [0, 0.05) is 10.9 Å². The number of hydrogen-bond acceptors (Lipinski definition) is 4. The number of rotatable bonds is 5. The molecule has 0 radical (unpaired) electrons. The summed E-state index contributed by atoms with van der Waals surface area (Å²) in [7, 11) is 0. The first-order valence-corrected chi connectivity index (χ1v) is 11.9. The summed E-state index contributed by atoms with van der Waals surface area (Å²) >= 11 is 0. The number of phenolic OH excluding ortho intramolecular Hbond substituents is 3. The Kier molecular flexibility index (Phi) is 6.40. The second-order valence-electron chi connectivity index (χ2n) is 8.97. The Bertz CT molecular complexity index is 1720. The topological polar surface area (TPSA) is 80.9 Å². The molecule has 1 atom stereocenters. The van der Waals surface area contributed by atoms with Gasteiger partial charge >= 0.3 is 0 Å². The molecule has 1 unspecified atom stereocenters. The van der Waals surface area contributed by atoms with Crippen molar-refractivity contribution < 1.29 is 20.4 Å². The Morgan fingerprint density at radius 1 is 0.703 bits per heavy atom. The van der Waals surface area contributed by atoms with E-state index in [0.29, 0.717) is 16.2 Å². The summed E-state index contributed by atoms with van der Waals surface area (Å²) in [5.74, 6) is -0.482. The first-order valence-electron chi connectivity index (χ1n) is 11.9. The molecule has 0 bridgehead atoms. The molecule has 0 heterocycles. The molecular weight excluding hydrogens is 460 g/mol. The maximum absolute atomic E-state index is 11.4. The minimum atomic E-state index is -0.668. The summed E-state index contributed by atoms with van der Waals surface area (Å²) < 4.78 is 0. The predicted molar refractivity (Wildman–Crippen MR) is 149 cm³/mol. The highest BCUT2D eigenvalue weighted by Gasteiger charge is 2.23. The van der Waals surface area contributed by atoms with Gasteiger partial charge < -0.3 is 20.4 Å². The van der Waals surface area contributed by atoms with Crippen LogP contribution in [-0.4, -0.2) is 20.4 Å². The van der Waals surface area contributed by atoms with Crippen LogP contribution >= 0.6 is 0 Å². The lowest BCUT2D eigenvalue weighted by atomic mass is 9.86. The van der Waals surface area contributed by atoms with Gasteiger partial charge in [0.25, 0.3) is 0 Å². The molecule has 0 aliphatic heterocycles. The minimum absolute atomic E-state index is 0.00651. The zero-order valence-corrected chi connectivity index (χ0v) is 20.0. The standard InChI is InChI=1S/C33H26O4/c1-21-19-27(34)15-11-22(21)14-18-31(36)32(26-9-7-24(8-10-26)23-5-3-2-4-6-23)29-17-13-25-12-16-28(35)20-30(25)33(29)37/h2-20,32,34-37H,1H2/b22-14-,31-18-. The van der Waals surface area contributed by atoms with E-state index in [9.17, 15) is 20.4 Å². The van der Waals surface area contributed by atoms with Gasteiger partial charge in [0.1, 0.15) is 23.0 Å². The van der Waals surface area contributed by atoms with Crippen LogP contribution in [0.3, 0.4) is 0 Å². The average molecular weight is 487 g/mol. The van der Waals surface area contributed by atoms with E-state index in [1.807, 2.05) is 60.7 Å². The number of allylic oxidation sites excluding steroid dienone is 2. The highest BCUT2D eigenvalue weighted by molar-refractivity contribution is 5.91. The second-order valence-corrected chi connectivity index (χ2v) is 8.97. The van der Waals surface area contributed by atoms with Gasteiger partial charge in [0.15, 0.2) is 0 Å². The highest BCUT2D eigenvalue weighted by Crippen LogP contribution is 2.41. The fourth-order valence-electron chi connectivity index (χ4n) is 4.58. The second kappa shape index (κ2) is 9.96. The first kappa shape index (κ1) is 23.8. The summed E-state index contributed by atoms with van der Waals surface area (Å²) in [5.41, 5.74) is 3.42. The third-order valence-electron chi connectivity index (χ3n) is 6.53. The van der Waals surface area contributed by atoms with Crippen LogP contribution in [0, 0.1) is 0 Å². The molecule has 0 fully saturated rings. The van der Waals surface area contributed by atoms with Gasteiger partial charge in [-0.1, -0.05) is 91.5 Å². The Morgan fingerprint density at radius 3 is 2.08 bits per heavy atom. The van der Waals surface area contributed by atoms with Crippen LogP contribution in [0.4, 0.5) is 0 Å². The molecule has 0 spiro atoms. The van der Waals surface area contributed by atoms with Gasteiger partial charge in [-0.05, 0) is 62.9 Å². The summed E-state index contributed by atoms with van der Waals surface area (Å²) in [6, 6.07) is 31.2. The van der Waals surface area contributed by atoms with Gasteiger partial charge in [-0.3, -0.25) is 0 Å². The van der Waals surface area contributed by atoms with Crippen molar-refractivity contribution in [1.29, 1.82) is 0 Å². The molecule has 37 heavy (non-hydrogen) atoms. The van der Waals surface area contributed by atoms with Crippen LogP contribution in [0.15, 0.2) is 115 Å². The van der Waals surface area contributed by atoms with Crippen LogP contribution < -0.4 is 10.4 Å². The van der Waals surface area contributed by atoms with Gasteiger partial charge in [-0.25, -0.2) is 0 Å². The van der Waals surface area contributed by atoms with E-state index in [1.165, 1.54) is 6.07 Å². The summed E-state index contributed by atoms with van der Waals surface area (Å²) in [5, 5.41) is 44.9. The van der Waals surface area contributed by atoms with Crippen LogP contribution in [0.25, 0.3) is 34.6 Å². The Labute approximate surface area is 214 Å². The van der Waals surface area contributed by atoms with E-state index in [-0.39, 0.29) is 23.0 Å². The largest absolute Gasteiger partial charge is 0.511 e. The first-order chi connectivity index (χ1) is 17.9. The third kappa shape index (κ3) is 4.91. The molecule has 0 amide bonds. The molecule has 0 aromatic heterocycles. The molecule has 0 aliphatic rings. The van der Waals surface area contributed by atoms with Crippen molar-refractivity contribution in [2.45, 2.75) is 5.92 Å². The molecule has 4 N–H and O–H groups in total. The molecule has 182 valence electrons. The Balaban J connectivity index is 1.65. The maximum Gasteiger partial charge on any atom is 0.127 e. The fourth-order valence-corrected chi connectivity index (χ4v) is 4.58. The molecule has 0 saturated heterocycles. The van der Waals surface area contributed by atoms with Crippen molar-refractivity contribution in [3.63, 3.8) is 0 Å². The number of aliphatic hydroxyl groups excluding tert-OH is 1. The number of aliphatic hydroxyl groups is 1. The molecule has 4 heteroatoms. The number of phenols is 3. The fraction of sp³-hybridized carbons (Fsp3) is 0.0303.